The first-order chi connectivity index (χ1) is 11.6. The first kappa shape index (κ1) is 21.0. The second kappa shape index (κ2) is 10.7. The number of carbonyl (C=O) groups excluding carboxylic acids is 1. The van der Waals surface area contributed by atoms with E-state index in [-0.39, 0.29) is 18.3 Å². The SMILES string of the molecule is Cc1noc(C)c1COc1ccc(CC(=O)NCCCCN)cc1.Cl. The van der Waals surface area contributed by atoms with Crippen LogP contribution >= 0.6 is 12.4 Å². The molecule has 0 aliphatic rings. The van der Waals surface area contributed by atoms with E-state index in [1.165, 1.54) is 0 Å². The van der Waals surface area contributed by atoms with Crippen LogP contribution in [0.2, 0.25) is 0 Å². The molecule has 6 nitrogen and oxygen atoms in total. The molecule has 1 amide bonds. The topological polar surface area (TPSA) is 90.4 Å². The quantitative estimate of drug-likeness (QED) is 0.665. The van der Waals surface area contributed by atoms with Crippen molar-refractivity contribution in [1.29, 1.82) is 0 Å². The Balaban J connectivity index is 0.00000312. The molecule has 3 N–H and O–H groups in total. The standard InChI is InChI=1S/C18H25N3O3.ClH/c1-13-17(14(2)24-21-13)12-23-16-7-5-15(6-8-16)11-18(22)20-10-4-3-9-19;/h5-8H,3-4,9-12,19H2,1-2H3,(H,20,22);1H. The van der Waals surface area contributed by atoms with Crippen molar-refractivity contribution in [1.82, 2.24) is 10.5 Å². The van der Waals surface area contributed by atoms with Gasteiger partial charge in [-0.25, -0.2) is 0 Å². The minimum Gasteiger partial charge on any atom is -0.489 e. The predicted molar refractivity (Wildman–Crippen MR) is 99.0 cm³/mol. The van der Waals surface area contributed by atoms with E-state index in [1.807, 2.05) is 38.1 Å². The lowest BCUT2D eigenvalue weighted by molar-refractivity contribution is -0.120. The van der Waals surface area contributed by atoms with Gasteiger partial charge in [0.15, 0.2) is 0 Å². The second-order valence-corrected chi connectivity index (χ2v) is 5.76. The van der Waals surface area contributed by atoms with Crippen molar-refractivity contribution in [2.24, 2.45) is 5.73 Å². The molecule has 7 heteroatoms. The fourth-order valence-electron chi connectivity index (χ4n) is 2.31. The van der Waals surface area contributed by atoms with Gasteiger partial charge in [-0.1, -0.05) is 17.3 Å². The molecular formula is C18H26ClN3O3. The van der Waals surface area contributed by atoms with Gasteiger partial charge in [0.25, 0.3) is 0 Å². The molecule has 0 aliphatic heterocycles. The number of amides is 1. The Morgan fingerprint density at radius 3 is 2.56 bits per heavy atom. The zero-order valence-electron chi connectivity index (χ0n) is 14.7. The summed E-state index contributed by atoms with van der Waals surface area (Å²) in [6, 6.07) is 7.55. The van der Waals surface area contributed by atoms with E-state index in [4.69, 9.17) is 15.0 Å². The van der Waals surface area contributed by atoms with Gasteiger partial charge in [-0.3, -0.25) is 4.79 Å². The summed E-state index contributed by atoms with van der Waals surface area (Å²) in [5.41, 5.74) is 8.19. The highest BCUT2D eigenvalue weighted by Crippen LogP contribution is 2.18. The molecule has 0 saturated carbocycles. The molecule has 0 fully saturated rings. The number of ether oxygens (including phenoxy) is 1. The van der Waals surface area contributed by atoms with E-state index < -0.39 is 0 Å². The maximum Gasteiger partial charge on any atom is 0.224 e. The van der Waals surface area contributed by atoms with Gasteiger partial charge >= 0.3 is 0 Å². The maximum absolute atomic E-state index is 11.8. The van der Waals surface area contributed by atoms with Gasteiger partial charge in [-0.2, -0.15) is 0 Å². The predicted octanol–water partition coefficient (Wildman–Crippen LogP) is 2.69. The van der Waals surface area contributed by atoms with Gasteiger partial charge in [-0.05, 0) is 50.9 Å². The Kier molecular flexibility index (Phi) is 9.02. The van der Waals surface area contributed by atoms with Gasteiger partial charge < -0.3 is 20.3 Å². The zero-order chi connectivity index (χ0) is 17.4. The molecule has 1 heterocycles. The van der Waals surface area contributed by atoms with Gasteiger partial charge in [-0.15, -0.1) is 12.4 Å². The summed E-state index contributed by atoms with van der Waals surface area (Å²) < 4.78 is 10.9. The van der Waals surface area contributed by atoms with Crippen LogP contribution < -0.4 is 15.8 Å². The number of nitrogens with two attached hydrogens (primary N) is 1. The largest absolute Gasteiger partial charge is 0.489 e. The lowest BCUT2D eigenvalue weighted by atomic mass is 10.1. The monoisotopic (exact) mass is 367 g/mol. The Hall–Kier alpha value is -2.05. The normalized spacial score (nSPS) is 10.2. The fraction of sp³-hybridized carbons (Fsp3) is 0.444. The maximum atomic E-state index is 11.8. The molecule has 2 rings (SSSR count). The lowest BCUT2D eigenvalue weighted by Gasteiger charge is -2.08. The van der Waals surface area contributed by atoms with Crippen LogP contribution in [0.5, 0.6) is 5.75 Å². The fourth-order valence-corrected chi connectivity index (χ4v) is 2.31. The summed E-state index contributed by atoms with van der Waals surface area (Å²) in [6.45, 7) is 5.51. The van der Waals surface area contributed by atoms with E-state index in [1.54, 1.807) is 0 Å². The van der Waals surface area contributed by atoms with Gasteiger partial charge in [0.05, 0.1) is 17.7 Å². The van der Waals surface area contributed by atoms with Crippen molar-refractivity contribution in [3.63, 3.8) is 0 Å². The minimum absolute atomic E-state index is 0. The Labute approximate surface area is 154 Å². The smallest absolute Gasteiger partial charge is 0.224 e. The first-order valence-corrected chi connectivity index (χ1v) is 8.20. The number of hydrogen-bond acceptors (Lipinski definition) is 5. The number of nitrogens with zero attached hydrogens (tertiary/aromatic N) is 1. The lowest BCUT2D eigenvalue weighted by Crippen LogP contribution is -2.26. The number of nitrogens with one attached hydrogen (secondary N) is 1. The van der Waals surface area contributed by atoms with Crippen LogP contribution in [0.3, 0.4) is 0 Å². The second-order valence-electron chi connectivity index (χ2n) is 5.76. The molecule has 2 aromatic rings. The van der Waals surface area contributed by atoms with Gasteiger partial charge in [0.1, 0.15) is 18.1 Å². The molecule has 0 spiro atoms. The highest BCUT2D eigenvalue weighted by atomic mass is 35.5. The number of hydrogen-bond donors (Lipinski definition) is 2. The van der Waals surface area contributed by atoms with Crippen molar-refractivity contribution >= 4 is 18.3 Å². The van der Waals surface area contributed by atoms with Crippen molar-refractivity contribution in [2.45, 2.75) is 39.7 Å². The number of carbonyl (C=O) groups is 1. The average molecular weight is 368 g/mol. The molecule has 0 atom stereocenters. The Bertz CT molecular complexity index is 637. The molecule has 138 valence electrons. The molecule has 0 bridgehead atoms. The number of benzene rings is 1. The third kappa shape index (κ3) is 6.76. The van der Waals surface area contributed by atoms with E-state index in [0.717, 1.165) is 41.2 Å². The van der Waals surface area contributed by atoms with Crippen LogP contribution in [0, 0.1) is 13.8 Å². The van der Waals surface area contributed by atoms with Crippen molar-refractivity contribution in [2.75, 3.05) is 13.1 Å². The van der Waals surface area contributed by atoms with Gasteiger partial charge in [0.2, 0.25) is 5.91 Å². The van der Waals surface area contributed by atoms with Crippen molar-refractivity contribution < 1.29 is 14.1 Å². The van der Waals surface area contributed by atoms with Crippen LogP contribution in [0.15, 0.2) is 28.8 Å². The third-order valence-electron chi connectivity index (χ3n) is 3.81. The van der Waals surface area contributed by atoms with Crippen LogP contribution in [0.4, 0.5) is 0 Å². The summed E-state index contributed by atoms with van der Waals surface area (Å²) in [6.07, 6.45) is 2.21. The molecule has 0 aliphatic carbocycles. The number of aromatic nitrogens is 1. The number of halogens is 1. The zero-order valence-corrected chi connectivity index (χ0v) is 15.5. The molecule has 1 aromatic heterocycles. The summed E-state index contributed by atoms with van der Waals surface area (Å²) >= 11 is 0. The third-order valence-corrected chi connectivity index (χ3v) is 3.81. The highest BCUT2D eigenvalue weighted by molar-refractivity contribution is 5.85. The summed E-state index contributed by atoms with van der Waals surface area (Å²) in [5, 5.41) is 6.80. The van der Waals surface area contributed by atoms with E-state index in [9.17, 15) is 4.79 Å². The Morgan fingerprint density at radius 2 is 1.96 bits per heavy atom. The molecule has 0 unspecified atom stereocenters. The number of rotatable bonds is 9. The summed E-state index contributed by atoms with van der Waals surface area (Å²) in [4.78, 5) is 11.8. The average Bonchev–Trinajstić information content (AvgIpc) is 2.89. The molecular weight excluding hydrogens is 342 g/mol. The number of aryl methyl sites for hydroxylation is 2. The molecule has 0 radical (unpaired) electrons. The van der Waals surface area contributed by atoms with Crippen molar-refractivity contribution in [3.05, 3.63) is 46.8 Å². The van der Waals surface area contributed by atoms with E-state index >= 15 is 0 Å². The van der Waals surface area contributed by atoms with Crippen molar-refractivity contribution in [3.8, 4) is 5.75 Å². The molecule has 1 aromatic carbocycles. The first-order valence-electron chi connectivity index (χ1n) is 8.20. The van der Waals surface area contributed by atoms with E-state index in [2.05, 4.69) is 10.5 Å². The van der Waals surface area contributed by atoms with Crippen LogP contribution in [-0.4, -0.2) is 24.2 Å². The van der Waals surface area contributed by atoms with Gasteiger partial charge in [0, 0.05) is 6.54 Å². The van der Waals surface area contributed by atoms with Crippen LogP contribution in [0.1, 0.15) is 35.4 Å². The molecule has 0 saturated heterocycles. The van der Waals surface area contributed by atoms with Crippen LogP contribution in [-0.2, 0) is 17.8 Å². The Morgan fingerprint density at radius 1 is 1.24 bits per heavy atom. The molecule has 25 heavy (non-hydrogen) atoms. The summed E-state index contributed by atoms with van der Waals surface area (Å²) in [7, 11) is 0. The van der Waals surface area contributed by atoms with E-state index in [0.29, 0.717) is 26.1 Å². The number of unbranched alkanes of at least 4 members (excludes halogenated alkanes) is 1. The summed E-state index contributed by atoms with van der Waals surface area (Å²) in [5.74, 6) is 1.55. The highest BCUT2D eigenvalue weighted by Gasteiger charge is 2.09. The minimum atomic E-state index is 0. The van der Waals surface area contributed by atoms with Crippen LogP contribution in [0.25, 0.3) is 0 Å².